The van der Waals surface area contributed by atoms with Crippen molar-refractivity contribution in [2.45, 2.75) is 123 Å². The maximum absolute atomic E-state index is 12.4. The Morgan fingerprint density at radius 3 is 0.489 bits per heavy atom. The van der Waals surface area contributed by atoms with E-state index in [9.17, 15) is 156 Å². The highest BCUT2D eigenvalue weighted by Gasteiger charge is 2.55. The molecule has 16 atom stereocenters. The van der Waals surface area contributed by atoms with E-state index < -0.39 is 261 Å². The van der Waals surface area contributed by atoms with Gasteiger partial charge in [0.2, 0.25) is 0 Å². The van der Waals surface area contributed by atoms with Gasteiger partial charge in [0.25, 0.3) is 0 Å². The molecule has 62 heteroatoms. The van der Waals surface area contributed by atoms with Crippen LogP contribution in [0, 0.1) is 0 Å². The van der Waals surface area contributed by atoms with Crippen molar-refractivity contribution in [1.29, 1.82) is 0 Å². The van der Waals surface area contributed by atoms with Gasteiger partial charge in [-0.15, -0.1) is 0 Å². The molecule has 12 N–H and O–H groups in total. The van der Waals surface area contributed by atoms with E-state index in [1.807, 2.05) is 0 Å². The van der Waals surface area contributed by atoms with Gasteiger partial charge in [0.15, 0.2) is 0 Å². The van der Waals surface area contributed by atoms with Gasteiger partial charge < -0.3 is 0 Å². The van der Waals surface area contributed by atoms with E-state index >= 15 is 0 Å². The molecule has 0 aromatic rings. The summed E-state index contributed by atoms with van der Waals surface area (Å²) in [5.74, 6) is 0. The van der Waals surface area contributed by atoms with Crippen molar-refractivity contribution in [2.24, 2.45) is 0 Å². The quantitative estimate of drug-likeness (QED) is 0.0159. The maximum atomic E-state index is 12.4. The van der Waals surface area contributed by atoms with Gasteiger partial charge in [-0.25, -0.2) is 50.2 Å². The Kier molecular flexibility index (Phi) is 26.8. The normalized spacial score (nSPS) is 30.3. The van der Waals surface area contributed by atoms with Crippen molar-refractivity contribution in [1.82, 2.24) is 9.80 Å². The molecule has 0 saturated carbocycles. The molecule has 4 rings (SSSR count). The standard InChI is InChI=1S/C30H48N2O48S12/c33-81(34,35)69-19-9-5-15(23(73-85(45,46)47)27(19)77-89(57,58)59)31(16-6-10-20(70-82(36,37)38)28(78-90(60,61)62)24(16)74-86(48,49)50)13-3-1-2-4-14-32(17-7-11-21(71-83(39,40)41)29(79-91(63,64)65)25(17)75-87(51,52)53)18-8-12-22(72-84(42,43)44)30(80-92(66,67)68)26(18)76-88(54,55)56/h5-12,15-30H,1-4,13-14H2,(H,33,34,35)(H,36,37,38)(H,39,40,41)(H,42,43,44)(H,45,46,47)(H,48,49,50)(H,51,52,53)(H,54,55,56)(H,57,58,59)(H,60,61,62)(H,63,64,65)(H,66,67,68)/t15-,16-,17-,18-,19+,20+,21+,22+,23+,24+,25+,26+,27+,28+,29+,30+/m0/s1. The third-order valence-corrected chi connectivity index (χ3v) is 17.4. The van der Waals surface area contributed by atoms with Crippen molar-refractivity contribution < 1.29 is 206 Å². The van der Waals surface area contributed by atoms with E-state index in [4.69, 9.17) is 0 Å². The molecule has 4 aliphatic carbocycles. The Labute approximate surface area is 521 Å². The second kappa shape index (κ2) is 30.2. The second-order valence-corrected chi connectivity index (χ2v) is 30.8. The highest BCUT2D eigenvalue weighted by atomic mass is 32.3. The minimum atomic E-state index is -6.16. The summed E-state index contributed by atoms with van der Waals surface area (Å²) < 4.78 is 461. The summed E-state index contributed by atoms with van der Waals surface area (Å²) in [6, 6.07) is -9.88. The second-order valence-electron chi connectivity index (χ2n) is 18.3. The first-order valence-electron chi connectivity index (χ1n) is 23.2. The van der Waals surface area contributed by atoms with Gasteiger partial charge in [0.1, 0.15) is 73.2 Å². The van der Waals surface area contributed by atoms with Crippen molar-refractivity contribution in [3.05, 3.63) is 48.6 Å². The van der Waals surface area contributed by atoms with E-state index in [1.165, 1.54) is 0 Å². The van der Waals surface area contributed by atoms with Crippen molar-refractivity contribution >= 4 is 125 Å². The van der Waals surface area contributed by atoms with Crippen LogP contribution in [0.25, 0.3) is 0 Å². The summed E-state index contributed by atoms with van der Waals surface area (Å²) in [6.45, 7) is -2.15. The van der Waals surface area contributed by atoms with Gasteiger partial charge in [-0.05, 0) is 25.9 Å². The molecule has 0 aromatic heterocycles. The average Bonchev–Trinajstić information content (AvgIpc) is 0.767. The number of hydrogen-bond acceptors (Lipinski definition) is 38. The van der Waals surface area contributed by atoms with E-state index in [0.29, 0.717) is 58.4 Å². The van der Waals surface area contributed by atoms with Crippen LogP contribution in [-0.2, 0) is 175 Å². The Morgan fingerprint density at radius 2 is 0.348 bits per heavy atom. The Bertz CT molecular complexity index is 3680. The fourth-order valence-electron chi connectivity index (χ4n) is 9.34. The maximum Gasteiger partial charge on any atom is 0.398 e. The molecule has 92 heavy (non-hydrogen) atoms. The van der Waals surface area contributed by atoms with E-state index in [2.05, 4.69) is 50.2 Å². The van der Waals surface area contributed by atoms with Crippen LogP contribution in [0.15, 0.2) is 48.6 Å². The minimum absolute atomic E-state index is 0.337. The highest BCUT2D eigenvalue weighted by Crippen LogP contribution is 2.38. The van der Waals surface area contributed by atoms with Crippen molar-refractivity contribution in [3.63, 3.8) is 0 Å². The summed E-state index contributed by atoms with van der Waals surface area (Å²) >= 11 is 0. The van der Waals surface area contributed by atoms with Gasteiger partial charge in [-0.3, -0.25) is 64.4 Å². The zero-order valence-corrected chi connectivity index (χ0v) is 53.8. The summed E-state index contributed by atoms with van der Waals surface area (Å²) in [6.07, 6.45) is -34.6. The Hall–Kier alpha value is -2.68. The van der Waals surface area contributed by atoms with Gasteiger partial charge in [-0.1, -0.05) is 61.4 Å². The molecule has 538 valence electrons. The topological polar surface area (TPSA) is 770 Å². The molecule has 0 saturated heterocycles. The van der Waals surface area contributed by atoms with Gasteiger partial charge in [-0.2, -0.15) is 101 Å². The number of rotatable bonds is 35. The van der Waals surface area contributed by atoms with Crippen LogP contribution in [0.4, 0.5) is 0 Å². The molecule has 50 nitrogen and oxygen atoms in total. The molecule has 0 fully saturated rings. The molecule has 0 unspecified atom stereocenters. The van der Waals surface area contributed by atoms with Crippen LogP contribution >= 0.6 is 0 Å². The molecule has 4 aliphatic rings. The smallest absolute Gasteiger partial charge is 0.285 e. The lowest BCUT2D eigenvalue weighted by Crippen LogP contribution is -2.64. The van der Waals surface area contributed by atoms with Crippen LogP contribution in [0.5, 0.6) is 0 Å². The molecule has 0 radical (unpaired) electrons. The molecular formula is C30H48N2O48S12. The van der Waals surface area contributed by atoms with Crippen LogP contribution < -0.4 is 0 Å². The number of hydrogen-bond donors (Lipinski definition) is 12. The van der Waals surface area contributed by atoms with E-state index in [-0.39, 0.29) is 0 Å². The van der Waals surface area contributed by atoms with Crippen LogP contribution in [0.3, 0.4) is 0 Å². The molecule has 0 heterocycles. The molecule has 0 bridgehead atoms. The Balaban J connectivity index is 2.02. The largest absolute Gasteiger partial charge is 0.398 e. The van der Waals surface area contributed by atoms with E-state index in [1.54, 1.807) is 0 Å². The molecular weight excluding hydrogens is 1540 g/mol. The minimum Gasteiger partial charge on any atom is -0.285 e. The predicted molar refractivity (Wildman–Crippen MR) is 281 cm³/mol. The van der Waals surface area contributed by atoms with Crippen LogP contribution in [0.1, 0.15) is 25.7 Å². The molecule has 0 amide bonds. The monoisotopic (exact) mass is 1590 g/mol. The zero-order valence-electron chi connectivity index (χ0n) is 44.0. The molecule has 0 aromatic carbocycles. The Morgan fingerprint density at radius 1 is 0.207 bits per heavy atom. The van der Waals surface area contributed by atoms with Crippen molar-refractivity contribution in [3.8, 4) is 0 Å². The highest BCUT2D eigenvalue weighted by molar-refractivity contribution is 7.83. The van der Waals surface area contributed by atoms with Crippen LogP contribution in [0.2, 0.25) is 0 Å². The summed E-state index contributed by atoms with van der Waals surface area (Å²) in [5, 5.41) is 0. The van der Waals surface area contributed by atoms with Gasteiger partial charge in [0, 0.05) is 0 Å². The van der Waals surface area contributed by atoms with Crippen LogP contribution in [-0.4, -0.2) is 276 Å². The molecule has 0 spiro atoms. The average molecular weight is 1590 g/mol. The summed E-state index contributed by atoms with van der Waals surface area (Å²) in [7, 11) is -72.5. The third-order valence-electron chi connectivity index (χ3n) is 11.8. The summed E-state index contributed by atoms with van der Waals surface area (Å²) in [5.41, 5.74) is 0. The SMILES string of the molecule is O=S(=O)(O)O[C@H]1[C@H](OS(=O)(=O)O)[C@@H](N(CCCCCCN([C@H]2C=C[C@@H](OS(=O)(=O)O)[C@@H](OS(=O)(=O)O)[C@@H]2OS(=O)(=O)O)[C@H]2C=C[C@@H](OS(=O)(=O)O)[C@@H](OS(=O)(=O)O)[C@@H]2OS(=O)(=O)O)[C@H]2C=C[C@@H](OS(=O)(=O)O)[C@@H](OS(=O)(=O)O)[C@@H]2OS(=O)(=O)O)C=C[C@H]1OS(=O)(=O)O. The third kappa shape index (κ3) is 28.8. The fourth-order valence-corrected chi connectivity index (χ4v) is 15.2. The fraction of sp³-hybridized carbons (Fsp3) is 0.733. The first-order chi connectivity index (χ1) is 41.1. The van der Waals surface area contributed by atoms with E-state index in [0.717, 1.165) is 0 Å². The lowest BCUT2D eigenvalue weighted by Gasteiger charge is -2.47. The van der Waals surface area contributed by atoms with Crippen molar-refractivity contribution in [2.75, 3.05) is 13.1 Å². The number of nitrogens with zero attached hydrogens (tertiary/aromatic N) is 2. The predicted octanol–water partition coefficient (Wildman–Crippen LogP) is -6.84. The first kappa shape index (κ1) is 81.7. The molecule has 0 aliphatic heterocycles. The van der Waals surface area contributed by atoms with Gasteiger partial charge in [0.05, 0.1) is 24.2 Å². The lowest BCUT2D eigenvalue weighted by atomic mass is 9.87. The lowest BCUT2D eigenvalue weighted by molar-refractivity contribution is -0.0831. The first-order valence-corrected chi connectivity index (χ1v) is 39.6. The zero-order chi connectivity index (χ0) is 70.8. The summed E-state index contributed by atoms with van der Waals surface area (Å²) in [4.78, 5) is 0.960. The number of unbranched alkanes of at least 4 members (excludes halogenated alkanes) is 3. The van der Waals surface area contributed by atoms with Gasteiger partial charge >= 0.3 is 125 Å².